The second kappa shape index (κ2) is 6.71. The summed E-state index contributed by atoms with van der Waals surface area (Å²) in [4.78, 5) is 0. The van der Waals surface area contributed by atoms with Crippen LogP contribution in [-0.2, 0) is 0 Å². The fourth-order valence-corrected chi connectivity index (χ4v) is 1.53. The zero-order chi connectivity index (χ0) is 12.0. The topological polar surface area (TPSA) is 24.1 Å². The summed E-state index contributed by atoms with van der Waals surface area (Å²) in [6, 6.07) is 7.47. The number of benzene rings is 1. The molecule has 1 aromatic rings. The van der Waals surface area contributed by atoms with Crippen molar-refractivity contribution >= 4 is 34.6 Å². The Morgan fingerprint density at radius 3 is 2.50 bits per heavy atom. The van der Waals surface area contributed by atoms with E-state index in [1.165, 1.54) is 0 Å². The third-order valence-corrected chi connectivity index (χ3v) is 2.61. The lowest BCUT2D eigenvalue weighted by molar-refractivity contribution is 0.579. The van der Waals surface area contributed by atoms with Gasteiger partial charge in [0.15, 0.2) is 5.11 Å². The van der Waals surface area contributed by atoms with Gasteiger partial charge in [0.2, 0.25) is 0 Å². The molecule has 1 rings (SSSR count). The van der Waals surface area contributed by atoms with Gasteiger partial charge in [-0.05, 0) is 48.8 Å². The summed E-state index contributed by atoms with van der Waals surface area (Å²) in [6.07, 6.45) is 1.11. The van der Waals surface area contributed by atoms with E-state index < -0.39 is 0 Å². The van der Waals surface area contributed by atoms with Crippen LogP contribution in [0.2, 0.25) is 5.02 Å². The summed E-state index contributed by atoms with van der Waals surface area (Å²) >= 11 is 11.0. The maximum Gasteiger partial charge on any atom is 0.170 e. The van der Waals surface area contributed by atoms with E-state index in [0.717, 1.165) is 23.7 Å². The van der Waals surface area contributed by atoms with E-state index in [1.54, 1.807) is 0 Å². The van der Waals surface area contributed by atoms with Gasteiger partial charge in [0.1, 0.15) is 0 Å². The van der Waals surface area contributed by atoms with Crippen LogP contribution < -0.4 is 10.6 Å². The van der Waals surface area contributed by atoms with Gasteiger partial charge in [0.05, 0.1) is 0 Å². The highest BCUT2D eigenvalue weighted by atomic mass is 35.5. The van der Waals surface area contributed by atoms with Gasteiger partial charge in [0.25, 0.3) is 0 Å². The maximum atomic E-state index is 5.79. The van der Waals surface area contributed by atoms with E-state index in [1.807, 2.05) is 24.3 Å². The highest BCUT2D eigenvalue weighted by Crippen LogP contribution is 2.13. The summed E-state index contributed by atoms with van der Waals surface area (Å²) < 4.78 is 0. The standard InChI is InChI=1S/C12H17ClN2S/c1-9(2)7-8-14-12(16)15-11-5-3-10(13)4-6-11/h3-6,9H,7-8H2,1-2H3,(H2,14,15,16). The van der Waals surface area contributed by atoms with Gasteiger partial charge in [-0.1, -0.05) is 25.4 Å². The van der Waals surface area contributed by atoms with Gasteiger partial charge >= 0.3 is 0 Å². The van der Waals surface area contributed by atoms with Crippen LogP contribution in [0.4, 0.5) is 5.69 Å². The molecule has 0 saturated carbocycles. The van der Waals surface area contributed by atoms with Gasteiger partial charge in [-0.15, -0.1) is 0 Å². The van der Waals surface area contributed by atoms with E-state index in [4.69, 9.17) is 23.8 Å². The molecule has 0 unspecified atom stereocenters. The first-order chi connectivity index (χ1) is 7.58. The van der Waals surface area contributed by atoms with Gasteiger partial charge in [-0.2, -0.15) is 0 Å². The minimum absolute atomic E-state index is 0.656. The summed E-state index contributed by atoms with van der Waals surface area (Å²) in [7, 11) is 0. The Kier molecular flexibility index (Phi) is 5.56. The molecule has 0 aliphatic heterocycles. The highest BCUT2D eigenvalue weighted by molar-refractivity contribution is 7.80. The van der Waals surface area contributed by atoms with Crippen molar-refractivity contribution in [3.05, 3.63) is 29.3 Å². The minimum Gasteiger partial charge on any atom is -0.362 e. The van der Waals surface area contributed by atoms with Crippen molar-refractivity contribution in [3.8, 4) is 0 Å². The third-order valence-electron chi connectivity index (χ3n) is 2.11. The summed E-state index contributed by atoms with van der Waals surface area (Å²) in [5.41, 5.74) is 0.950. The van der Waals surface area contributed by atoms with E-state index >= 15 is 0 Å². The second-order valence-corrected chi connectivity index (χ2v) is 4.91. The van der Waals surface area contributed by atoms with Gasteiger partial charge < -0.3 is 10.6 Å². The third kappa shape index (κ3) is 5.33. The zero-order valence-corrected chi connectivity index (χ0v) is 11.2. The Labute approximate surface area is 107 Å². The molecule has 0 aliphatic carbocycles. The van der Waals surface area contributed by atoms with E-state index in [-0.39, 0.29) is 0 Å². The highest BCUT2D eigenvalue weighted by Gasteiger charge is 1.98. The predicted octanol–water partition coefficient (Wildman–Crippen LogP) is 3.67. The Bertz CT molecular complexity index is 335. The molecule has 0 spiro atoms. The van der Waals surface area contributed by atoms with Crippen LogP contribution in [0.3, 0.4) is 0 Å². The average molecular weight is 257 g/mol. The Morgan fingerprint density at radius 1 is 1.31 bits per heavy atom. The van der Waals surface area contributed by atoms with Crippen LogP contribution in [0.15, 0.2) is 24.3 Å². The predicted molar refractivity (Wildman–Crippen MR) is 75.1 cm³/mol. The van der Waals surface area contributed by atoms with Crippen LogP contribution in [0.1, 0.15) is 20.3 Å². The molecule has 0 aromatic heterocycles. The van der Waals surface area contributed by atoms with E-state index in [0.29, 0.717) is 11.0 Å². The number of halogens is 1. The van der Waals surface area contributed by atoms with Crippen molar-refractivity contribution in [2.45, 2.75) is 20.3 Å². The van der Waals surface area contributed by atoms with Gasteiger partial charge in [-0.25, -0.2) is 0 Å². The van der Waals surface area contributed by atoms with Crippen molar-refractivity contribution in [2.24, 2.45) is 5.92 Å². The molecule has 0 fully saturated rings. The van der Waals surface area contributed by atoms with Crippen LogP contribution in [0.5, 0.6) is 0 Å². The first-order valence-corrected chi connectivity index (χ1v) is 6.17. The average Bonchev–Trinajstić information content (AvgIpc) is 2.21. The molecule has 1 aromatic carbocycles. The van der Waals surface area contributed by atoms with Crippen LogP contribution in [-0.4, -0.2) is 11.7 Å². The number of thiocarbonyl (C=S) groups is 1. The van der Waals surface area contributed by atoms with E-state index in [2.05, 4.69) is 24.5 Å². The van der Waals surface area contributed by atoms with E-state index in [9.17, 15) is 0 Å². The number of hydrogen-bond acceptors (Lipinski definition) is 1. The summed E-state index contributed by atoms with van der Waals surface area (Å²) in [5.74, 6) is 0.686. The monoisotopic (exact) mass is 256 g/mol. The Hall–Kier alpha value is -0.800. The van der Waals surface area contributed by atoms with Gasteiger partial charge in [0, 0.05) is 17.3 Å². The van der Waals surface area contributed by atoms with Crippen LogP contribution in [0, 0.1) is 5.92 Å². The first-order valence-electron chi connectivity index (χ1n) is 5.38. The molecule has 4 heteroatoms. The molecular weight excluding hydrogens is 240 g/mol. The minimum atomic E-state index is 0.656. The number of nitrogens with one attached hydrogen (secondary N) is 2. The molecule has 0 atom stereocenters. The van der Waals surface area contributed by atoms with Crippen molar-refractivity contribution in [2.75, 3.05) is 11.9 Å². The smallest absolute Gasteiger partial charge is 0.170 e. The van der Waals surface area contributed by atoms with Crippen molar-refractivity contribution in [1.82, 2.24) is 5.32 Å². The lowest BCUT2D eigenvalue weighted by Gasteiger charge is -2.11. The molecule has 16 heavy (non-hydrogen) atoms. The molecule has 0 saturated heterocycles. The molecular formula is C12H17ClN2S. The first kappa shape index (κ1) is 13.3. The number of rotatable bonds is 4. The number of hydrogen-bond donors (Lipinski definition) is 2. The molecule has 0 heterocycles. The van der Waals surface area contributed by atoms with Crippen molar-refractivity contribution in [3.63, 3.8) is 0 Å². The molecule has 88 valence electrons. The van der Waals surface area contributed by atoms with Crippen molar-refractivity contribution < 1.29 is 0 Å². The fraction of sp³-hybridized carbons (Fsp3) is 0.417. The SMILES string of the molecule is CC(C)CCNC(=S)Nc1ccc(Cl)cc1. The lowest BCUT2D eigenvalue weighted by Crippen LogP contribution is -2.29. The molecule has 2 nitrogen and oxygen atoms in total. The molecule has 0 bridgehead atoms. The van der Waals surface area contributed by atoms with Crippen LogP contribution >= 0.6 is 23.8 Å². The maximum absolute atomic E-state index is 5.79. The van der Waals surface area contributed by atoms with Crippen molar-refractivity contribution in [1.29, 1.82) is 0 Å². The molecule has 0 amide bonds. The summed E-state index contributed by atoms with van der Waals surface area (Å²) in [6.45, 7) is 5.28. The number of anilines is 1. The molecule has 0 radical (unpaired) electrons. The molecule has 2 N–H and O–H groups in total. The zero-order valence-electron chi connectivity index (χ0n) is 9.59. The molecule has 0 aliphatic rings. The second-order valence-electron chi connectivity index (χ2n) is 4.07. The lowest BCUT2D eigenvalue weighted by atomic mass is 10.1. The van der Waals surface area contributed by atoms with Crippen LogP contribution in [0.25, 0.3) is 0 Å². The Balaban J connectivity index is 2.31. The normalized spacial score (nSPS) is 10.2. The quantitative estimate of drug-likeness (QED) is 0.804. The largest absolute Gasteiger partial charge is 0.362 e. The fourth-order valence-electron chi connectivity index (χ4n) is 1.18. The summed E-state index contributed by atoms with van der Waals surface area (Å²) in [5, 5.41) is 7.65. The van der Waals surface area contributed by atoms with Gasteiger partial charge in [-0.3, -0.25) is 0 Å². The Morgan fingerprint density at radius 2 is 1.94 bits per heavy atom.